The number of primary amides is 1. The second-order valence-corrected chi connectivity index (χ2v) is 7.45. The summed E-state index contributed by atoms with van der Waals surface area (Å²) in [6.45, 7) is 3.31. The van der Waals surface area contributed by atoms with Gasteiger partial charge in [0.25, 0.3) is 5.89 Å². The molecule has 2 aromatic heterocycles. The van der Waals surface area contributed by atoms with Gasteiger partial charge in [0.1, 0.15) is 12.3 Å². The smallest absolute Gasteiger partial charge is 0.419 e. The highest BCUT2D eigenvalue weighted by molar-refractivity contribution is 5.94. The Morgan fingerprint density at radius 1 is 1.22 bits per heavy atom. The van der Waals surface area contributed by atoms with Crippen LogP contribution in [0.2, 0.25) is 0 Å². The molecule has 0 saturated heterocycles. The van der Waals surface area contributed by atoms with Crippen LogP contribution in [0, 0.1) is 0 Å². The third-order valence-electron chi connectivity index (χ3n) is 4.70. The van der Waals surface area contributed by atoms with Crippen LogP contribution in [0.25, 0.3) is 33.7 Å². The lowest BCUT2D eigenvalue weighted by Crippen LogP contribution is -2.17. The summed E-state index contributed by atoms with van der Waals surface area (Å²) in [5.41, 5.74) is 5.82. The van der Waals surface area contributed by atoms with E-state index >= 15 is 0 Å². The maximum absolute atomic E-state index is 13.6. The molecule has 0 bridgehead atoms. The molecule has 0 fully saturated rings. The van der Waals surface area contributed by atoms with Gasteiger partial charge in [-0.3, -0.25) is 4.79 Å². The van der Waals surface area contributed by atoms with Gasteiger partial charge >= 0.3 is 6.18 Å². The zero-order valence-corrected chi connectivity index (χ0v) is 17.2. The number of hydrogen-bond donors (Lipinski definition) is 1. The molecule has 7 nitrogen and oxygen atoms in total. The monoisotopic (exact) mass is 444 g/mol. The highest BCUT2D eigenvalue weighted by Gasteiger charge is 2.35. The molecule has 0 aliphatic carbocycles. The summed E-state index contributed by atoms with van der Waals surface area (Å²) in [5, 5.41) is 4.69. The molecule has 0 atom stereocenters. The van der Waals surface area contributed by atoms with Gasteiger partial charge in [0, 0.05) is 28.2 Å². The van der Waals surface area contributed by atoms with E-state index in [-0.39, 0.29) is 29.6 Å². The van der Waals surface area contributed by atoms with E-state index in [2.05, 4.69) is 10.1 Å². The Labute approximate surface area is 180 Å². The number of ether oxygens (including phenoxy) is 1. The maximum Gasteiger partial charge on any atom is 0.419 e. The summed E-state index contributed by atoms with van der Waals surface area (Å²) in [7, 11) is 0. The SMILES string of the molecule is CC(C)Oc1ccc(-c2nc(-c3cccc4c3ccn4CC(N)=O)no2)cc1C(F)(F)F. The van der Waals surface area contributed by atoms with Crippen LogP contribution in [0.15, 0.2) is 53.2 Å². The van der Waals surface area contributed by atoms with Gasteiger partial charge in [0.2, 0.25) is 11.7 Å². The number of rotatable bonds is 6. The van der Waals surface area contributed by atoms with Crippen LogP contribution in [-0.2, 0) is 17.5 Å². The molecule has 4 aromatic rings. The molecule has 166 valence electrons. The van der Waals surface area contributed by atoms with E-state index in [9.17, 15) is 18.0 Å². The molecule has 10 heteroatoms. The molecule has 2 heterocycles. The second-order valence-electron chi connectivity index (χ2n) is 7.45. The maximum atomic E-state index is 13.6. The molecule has 4 rings (SSSR count). The van der Waals surface area contributed by atoms with Crippen LogP contribution < -0.4 is 10.5 Å². The minimum absolute atomic E-state index is 0.00939. The van der Waals surface area contributed by atoms with E-state index in [1.165, 1.54) is 12.1 Å². The summed E-state index contributed by atoms with van der Waals surface area (Å²) in [5.74, 6) is -0.606. The van der Waals surface area contributed by atoms with Crippen LogP contribution in [0.4, 0.5) is 13.2 Å². The normalized spacial score (nSPS) is 11.9. The molecule has 0 aliphatic rings. The number of nitrogens with zero attached hydrogens (tertiary/aromatic N) is 3. The third kappa shape index (κ3) is 4.16. The minimum atomic E-state index is -4.61. The van der Waals surface area contributed by atoms with E-state index in [0.717, 1.165) is 17.0 Å². The first-order valence-electron chi connectivity index (χ1n) is 9.72. The van der Waals surface area contributed by atoms with Gasteiger partial charge in [-0.2, -0.15) is 18.2 Å². The number of carbonyl (C=O) groups is 1. The van der Waals surface area contributed by atoms with Crippen molar-refractivity contribution in [3.63, 3.8) is 0 Å². The van der Waals surface area contributed by atoms with Crippen LogP contribution in [-0.4, -0.2) is 26.7 Å². The van der Waals surface area contributed by atoms with Crippen molar-refractivity contribution in [2.75, 3.05) is 0 Å². The molecular weight excluding hydrogens is 425 g/mol. The van der Waals surface area contributed by atoms with Gasteiger partial charge in [0.05, 0.1) is 11.7 Å². The number of aromatic nitrogens is 3. The summed E-state index contributed by atoms with van der Waals surface area (Å²) < 4.78 is 52.9. The first-order chi connectivity index (χ1) is 15.1. The lowest BCUT2D eigenvalue weighted by Gasteiger charge is -2.16. The average Bonchev–Trinajstić information content (AvgIpc) is 3.34. The van der Waals surface area contributed by atoms with Crippen LogP contribution in [0.1, 0.15) is 19.4 Å². The molecule has 0 saturated carbocycles. The molecule has 0 spiro atoms. The van der Waals surface area contributed by atoms with Crippen molar-refractivity contribution in [2.24, 2.45) is 5.73 Å². The molecule has 0 unspecified atom stereocenters. The molecular formula is C22H19F3N4O3. The van der Waals surface area contributed by atoms with Crippen molar-refractivity contribution in [3.05, 3.63) is 54.2 Å². The highest BCUT2D eigenvalue weighted by atomic mass is 19.4. The quantitative estimate of drug-likeness (QED) is 0.467. The molecule has 0 aliphatic heterocycles. The first kappa shape index (κ1) is 21.4. The van der Waals surface area contributed by atoms with Crippen molar-refractivity contribution in [2.45, 2.75) is 32.7 Å². The Bertz CT molecular complexity index is 1290. The predicted octanol–water partition coefficient (Wildman–Crippen LogP) is 4.65. The van der Waals surface area contributed by atoms with Gasteiger partial charge in [-0.05, 0) is 44.2 Å². The van der Waals surface area contributed by atoms with E-state index in [1.807, 2.05) is 6.07 Å². The van der Waals surface area contributed by atoms with Crippen molar-refractivity contribution < 1.29 is 27.2 Å². The number of halogens is 3. The Balaban J connectivity index is 1.73. The van der Waals surface area contributed by atoms with E-state index < -0.39 is 23.8 Å². The molecule has 2 N–H and O–H groups in total. The highest BCUT2D eigenvalue weighted by Crippen LogP contribution is 2.39. The molecule has 32 heavy (non-hydrogen) atoms. The summed E-state index contributed by atoms with van der Waals surface area (Å²) >= 11 is 0. The number of alkyl halides is 3. The largest absolute Gasteiger partial charge is 0.490 e. The van der Waals surface area contributed by atoms with Gasteiger partial charge in [-0.1, -0.05) is 17.3 Å². The Morgan fingerprint density at radius 2 is 2.00 bits per heavy atom. The van der Waals surface area contributed by atoms with Crippen molar-refractivity contribution >= 4 is 16.8 Å². The Hall–Kier alpha value is -3.82. The number of amides is 1. The zero-order chi connectivity index (χ0) is 23.0. The van der Waals surface area contributed by atoms with Crippen LogP contribution in [0.3, 0.4) is 0 Å². The predicted molar refractivity (Wildman–Crippen MR) is 111 cm³/mol. The van der Waals surface area contributed by atoms with Gasteiger partial charge < -0.3 is 19.6 Å². The number of nitrogens with two attached hydrogens (primary N) is 1. The topological polar surface area (TPSA) is 96.2 Å². The van der Waals surface area contributed by atoms with Crippen molar-refractivity contribution in [1.29, 1.82) is 0 Å². The third-order valence-corrected chi connectivity index (χ3v) is 4.70. The molecule has 1 amide bonds. The molecule has 0 radical (unpaired) electrons. The van der Waals surface area contributed by atoms with Crippen LogP contribution in [0.5, 0.6) is 5.75 Å². The zero-order valence-electron chi connectivity index (χ0n) is 17.2. The van der Waals surface area contributed by atoms with Gasteiger partial charge in [-0.25, -0.2) is 0 Å². The van der Waals surface area contributed by atoms with Crippen molar-refractivity contribution in [3.8, 4) is 28.6 Å². The van der Waals surface area contributed by atoms with E-state index in [0.29, 0.717) is 5.56 Å². The lowest BCUT2D eigenvalue weighted by molar-refractivity contribution is -0.139. The minimum Gasteiger partial charge on any atom is -0.490 e. The fourth-order valence-corrected chi connectivity index (χ4v) is 3.42. The summed E-state index contributed by atoms with van der Waals surface area (Å²) in [6, 6.07) is 10.7. The fourth-order valence-electron chi connectivity index (χ4n) is 3.42. The van der Waals surface area contributed by atoms with Gasteiger partial charge in [0.15, 0.2) is 0 Å². The Kier molecular flexibility index (Phi) is 5.37. The number of benzene rings is 2. The number of hydrogen-bond acceptors (Lipinski definition) is 5. The average molecular weight is 444 g/mol. The molecule has 2 aromatic carbocycles. The summed E-state index contributed by atoms with van der Waals surface area (Å²) in [4.78, 5) is 15.6. The Morgan fingerprint density at radius 3 is 2.69 bits per heavy atom. The van der Waals surface area contributed by atoms with E-state index in [4.69, 9.17) is 15.0 Å². The fraction of sp³-hybridized carbons (Fsp3) is 0.227. The van der Waals surface area contributed by atoms with Gasteiger partial charge in [-0.15, -0.1) is 0 Å². The standard InChI is InChI=1S/C22H19F3N4O3/c1-12(2)31-18-7-6-13(10-16(18)22(23,24)25)21-27-20(28-32-21)15-4-3-5-17-14(15)8-9-29(17)11-19(26)30/h3-10,12H,11H2,1-2H3,(H2,26,30). The second kappa shape index (κ2) is 8.03. The number of fused-ring (bicyclic) bond motifs is 1. The first-order valence-corrected chi connectivity index (χ1v) is 9.72. The number of carbonyl (C=O) groups excluding carboxylic acids is 1. The van der Waals surface area contributed by atoms with Crippen molar-refractivity contribution in [1.82, 2.24) is 14.7 Å². The summed E-state index contributed by atoms with van der Waals surface area (Å²) in [6.07, 6.45) is -3.32. The van der Waals surface area contributed by atoms with E-state index in [1.54, 1.807) is 42.8 Å². The lowest BCUT2D eigenvalue weighted by atomic mass is 10.1. The van der Waals surface area contributed by atoms with Crippen LogP contribution >= 0.6 is 0 Å².